The molecular formula is C13H24O. The largest absolute Gasteiger partial charge is 0.389 e. The maximum atomic E-state index is 9.76. The highest BCUT2D eigenvalue weighted by Crippen LogP contribution is 2.19. The van der Waals surface area contributed by atoms with Gasteiger partial charge in [0.1, 0.15) is 0 Å². The van der Waals surface area contributed by atoms with Crippen molar-refractivity contribution in [1.29, 1.82) is 0 Å². The normalized spacial score (nSPS) is 27.8. The lowest BCUT2D eigenvalue weighted by molar-refractivity contribution is 0.191. The third-order valence-corrected chi connectivity index (χ3v) is 3.20. The molecule has 1 saturated carbocycles. The highest BCUT2D eigenvalue weighted by Gasteiger charge is 2.08. The second-order valence-corrected chi connectivity index (χ2v) is 4.54. The quantitative estimate of drug-likeness (QED) is 0.584. The van der Waals surface area contributed by atoms with Gasteiger partial charge in [-0.2, -0.15) is 0 Å². The summed E-state index contributed by atoms with van der Waals surface area (Å²) < 4.78 is 0. The van der Waals surface area contributed by atoms with Gasteiger partial charge in [0.05, 0.1) is 6.10 Å². The Bertz CT molecular complexity index is 163. The van der Waals surface area contributed by atoms with Crippen LogP contribution in [0.3, 0.4) is 0 Å². The van der Waals surface area contributed by atoms with E-state index >= 15 is 0 Å². The number of hydrogen-bond donors (Lipinski definition) is 1. The third kappa shape index (κ3) is 4.80. The first kappa shape index (κ1) is 11.8. The van der Waals surface area contributed by atoms with E-state index < -0.39 is 0 Å². The van der Waals surface area contributed by atoms with Crippen LogP contribution in [0.1, 0.15) is 64.2 Å². The fraction of sp³-hybridized carbons (Fsp3) is 0.846. The Morgan fingerprint density at radius 3 is 2.00 bits per heavy atom. The fourth-order valence-corrected chi connectivity index (χ4v) is 2.12. The van der Waals surface area contributed by atoms with Crippen LogP contribution < -0.4 is 0 Å². The van der Waals surface area contributed by atoms with E-state index in [1.54, 1.807) is 0 Å². The van der Waals surface area contributed by atoms with Gasteiger partial charge in [-0.25, -0.2) is 0 Å². The van der Waals surface area contributed by atoms with Crippen molar-refractivity contribution in [2.45, 2.75) is 70.3 Å². The van der Waals surface area contributed by atoms with Crippen LogP contribution in [0.5, 0.6) is 0 Å². The number of aliphatic hydroxyl groups is 1. The number of hydrogen-bond acceptors (Lipinski definition) is 1. The molecular weight excluding hydrogens is 172 g/mol. The molecule has 0 aromatic heterocycles. The van der Waals surface area contributed by atoms with Gasteiger partial charge in [0.15, 0.2) is 0 Å². The first-order chi connectivity index (χ1) is 6.80. The summed E-state index contributed by atoms with van der Waals surface area (Å²) >= 11 is 0. The van der Waals surface area contributed by atoms with Gasteiger partial charge in [0, 0.05) is 0 Å². The van der Waals surface area contributed by atoms with Gasteiger partial charge in [-0.1, -0.05) is 51.5 Å². The second-order valence-electron chi connectivity index (χ2n) is 4.54. The van der Waals surface area contributed by atoms with Crippen LogP contribution in [-0.4, -0.2) is 11.2 Å². The van der Waals surface area contributed by atoms with E-state index in [-0.39, 0.29) is 6.10 Å². The van der Waals surface area contributed by atoms with E-state index in [2.05, 4.69) is 6.58 Å². The van der Waals surface area contributed by atoms with Gasteiger partial charge < -0.3 is 5.11 Å². The smallest absolute Gasteiger partial charge is 0.0747 e. The molecule has 0 heterocycles. The van der Waals surface area contributed by atoms with Crippen molar-refractivity contribution in [3.05, 3.63) is 12.2 Å². The Kier molecular flexibility index (Phi) is 5.93. The molecule has 1 aliphatic carbocycles. The third-order valence-electron chi connectivity index (χ3n) is 3.20. The highest BCUT2D eigenvalue weighted by atomic mass is 16.3. The van der Waals surface area contributed by atoms with Gasteiger partial charge >= 0.3 is 0 Å². The van der Waals surface area contributed by atoms with Gasteiger partial charge in [-0.3, -0.25) is 0 Å². The van der Waals surface area contributed by atoms with Crippen molar-refractivity contribution >= 4 is 0 Å². The molecule has 0 amide bonds. The van der Waals surface area contributed by atoms with Crippen LogP contribution in [0.15, 0.2) is 12.2 Å². The van der Waals surface area contributed by atoms with Crippen LogP contribution in [0.4, 0.5) is 0 Å². The molecule has 0 aromatic rings. The zero-order chi connectivity index (χ0) is 10.2. The molecule has 0 aliphatic heterocycles. The Morgan fingerprint density at radius 1 is 0.857 bits per heavy atom. The van der Waals surface area contributed by atoms with Crippen molar-refractivity contribution in [2.24, 2.45) is 0 Å². The summed E-state index contributed by atoms with van der Waals surface area (Å²) in [5.74, 6) is 0. The van der Waals surface area contributed by atoms with Crippen LogP contribution in [-0.2, 0) is 0 Å². The lowest BCUT2D eigenvalue weighted by Crippen LogP contribution is -2.09. The van der Waals surface area contributed by atoms with E-state index in [1.165, 1.54) is 51.4 Å². The molecule has 1 nitrogen and oxygen atoms in total. The molecule has 1 rings (SSSR count). The molecule has 1 N–H and O–H groups in total. The molecule has 82 valence electrons. The Labute approximate surface area is 88.2 Å². The molecule has 1 unspecified atom stereocenters. The molecule has 1 atom stereocenters. The summed E-state index contributed by atoms with van der Waals surface area (Å²) in [5.41, 5.74) is 1.06. The summed E-state index contributed by atoms with van der Waals surface area (Å²) in [6.07, 6.45) is 12.2. The molecule has 0 aromatic carbocycles. The minimum absolute atomic E-state index is 0.227. The Morgan fingerprint density at radius 2 is 1.36 bits per heavy atom. The monoisotopic (exact) mass is 196 g/mol. The fourth-order valence-electron chi connectivity index (χ4n) is 2.12. The molecule has 0 radical (unpaired) electrons. The van der Waals surface area contributed by atoms with E-state index in [9.17, 15) is 5.11 Å². The van der Waals surface area contributed by atoms with Crippen molar-refractivity contribution in [2.75, 3.05) is 0 Å². The molecule has 14 heavy (non-hydrogen) atoms. The first-order valence-electron chi connectivity index (χ1n) is 6.16. The summed E-state index contributed by atoms with van der Waals surface area (Å²) in [7, 11) is 0. The topological polar surface area (TPSA) is 20.2 Å². The molecule has 0 saturated heterocycles. The standard InChI is InChI=1S/C13H24O/c1-12-10-8-6-4-2-3-5-7-9-11-13(12)14/h13-14H,1-11H2. The van der Waals surface area contributed by atoms with E-state index in [0.717, 1.165) is 18.4 Å². The maximum Gasteiger partial charge on any atom is 0.0747 e. The SMILES string of the molecule is C=C1CCCCCCCCCCC1O. The lowest BCUT2D eigenvalue weighted by Gasteiger charge is -2.14. The van der Waals surface area contributed by atoms with Gasteiger partial charge in [0.2, 0.25) is 0 Å². The average molecular weight is 196 g/mol. The van der Waals surface area contributed by atoms with E-state index in [4.69, 9.17) is 0 Å². The highest BCUT2D eigenvalue weighted by molar-refractivity contribution is 5.01. The maximum absolute atomic E-state index is 9.76. The molecule has 0 bridgehead atoms. The summed E-state index contributed by atoms with van der Waals surface area (Å²) in [4.78, 5) is 0. The predicted octanol–water partition coefficient (Wildman–Crippen LogP) is 3.82. The summed E-state index contributed by atoms with van der Waals surface area (Å²) in [6, 6.07) is 0. The van der Waals surface area contributed by atoms with Gasteiger partial charge in [-0.15, -0.1) is 0 Å². The van der Waals surface area contributed by atoms with Crippen LogP contribution >= 0.6 is 0 Å². The minimum Gasteiger partial charge on any atom is -0.389 e. The van der Waals surface area contributed by atoms with Crippen LogP contribution in [0.2, 0.25) is 0 Å². The number of aliphatic hydroxyl groups excluding tert-OH is 1. The Hall–Kier alpha value is -0.300. The minimum atomic E-state index is -0.227. The van der Waals surface area contributed by atoms with Gasteiger partial charge in [-0.05, 0) is 24.8 Å². The van der Waals surface area contributed by atoms with E-state index in [1.807, 2.05) is 0 Å². The zero-order valence-corrected chi connectivity index (χ0v) is 9.30. The van der Waals surface area contributed by atoms with Crippen molar-refractivity contribution in [1.82, 2.24) is 0 Å². The van der Waals surface area contributed by atoms with Crippen molar-refractivity contribution < 1.29 is 5.11 Å². The van der Waals surface area contributed by atoms with Crippen molar-refractivity contribution in [3.63, 3.8) is 0 Å². The number of rotatable bonds is 0. The predicted molar refractivity (Wildman–Crippen MR) is 61.3 cm³/mol. The first-order valence-corrected chi connectivity index (χ1v) is 6.16. The average Bonchev–Trinajstić information content (AvgIpc) is 2.18. The molecule has 1 heteroatoms. The van der Waals surface area contributed by atoms with Crippen LogP contribution in [0, 0.1) is 0 Å². The zero-order valence-electron chi connectivity index (χ0n) is 9.30. The van der Waals surface area contributed by atoms with Crippen molar-refractivity contribution in [3.8, 4) is 0 Å². The van der Waals surface area contributed by atoms with Crippen LogP contribution in [0.25, 0.3) is 0 Å². The van der Waals surface area contributed by atoms with Gasteiger partial charge in [0.25, 0.3) is 0 Å². The Balaban J connectivity index is 2.27. The second kappa shape index (κ2) is 7.05. The summed E-state index contributed by atoms with van der Waals surface area (Å²) in [5, 5.41) is 9.76. The molecule has 1 fully saturated rings. The lowest BCUT2D eigenvalue weighted by atomic mass is 9.96. The summed E-state index contributed by atoms with van der Waals surface area (Å²) in [6.45, 7) is 3.97. The molecule has 1 aliphatic rings. The van der Waals surface area contributed by atoms with E-state index in [0.29, 0.717) is 0 Å². The molecule has 0 spiro atoms.